The van der Waals surface area contributed by atoms with E-state index in [-0.39, 0.29) is 18.3 Å². The summed E-state index contributed by atoms with van der Waals surface area (Å²) < 4.78 is 0. The van der Waals surface area contributed by atoms with Crippen LogP contribution < -0.4 is 10.6 Å². The number of unbranched alkanes of at least 4 members (excludes halogenated alkanes) is 2. The van der Waals surface area contributed by atoms with Gasteiger partial charge in [0.05, 0.1) is 0 Å². The summed E-state index contributed by atoms with van der Waals surface area (Å²) in [7, 11) is 0. The van der Waals surface area contributed by atoms with Crippen LogP contribution in [0.2, 0.25) is 0 Å². The van der Waals surface area contributed by atoms with E-state index in [0.717, 1.165) is 43.5 Å². The van der Waals surface area contributed by atoms with E-state index >= 15 is 0 Å². The van der Waals surface area contributed by atoms with Crippen molar-refractivity contribution in [3.63, 3.8) is 0 Å². The van der Waals surface area contributed by atoms with E-state index in [1.165, 1.54) is 5.56 Å². The van der Waals surface area contributed by atoms with Gasteiger partial charge in [0.1, 0.15) is 6.04 Å². The van der Waals surface area contributed by atoms with Crippen molar-refractivity contribution in [2.45, 2.75) is 45.6 Å². The summed E-state index contributed by atoms with van der Waals surface area (Å²) in [6.07, 6.45) is 4.35. The van der Waals surface area contributed by atoms with E-state index in [4.69, 9.17) is 5.73 Å². The first-order valence-electron chi connectivity index (χ1n) is 6.88. The minimum absolute atomic E-state index is 0. The maximum absolute atomic E-state index is 12.2. The van der Waals surface area contributed by atoms with Crippen LogP contribution in [0.5, 0.6) is 0 Å². The van der Waals surface area contributed by atoms with Gasteiger partial charge in [-0.25, -0.2) is 0 Å². The Morgan fingerprint density at radius 1 is 1.26 bits per heavy atom. The third-order valence-electron chi connectivity index (χ3n) is 3.65. The fourth-order valence-corrected chi connectivity index (χ4v) is 2.48. The largest absolute Gasteiger partial charge is 0.316 e. The van der Waals surface area contributed by atoms with Gasteiger partial charge in [-0.1, -0.05) is 38.8 Å². The van der Waals surface area contributed by atoms with E-state index in [2.05, 4.69) is 26.0 Å². The third-order valence-corrected chi connectivity index (χ3v) is 3.65. The standard InChI is InChI=1S/C15H22N2O.ClH/c1-3-5-6-9-17-13-10-11(4-2)7-8-12(13)14(16)15(17)18;/h7-8,10,14H,3-6,9,16H2,1-2H3;1H. The lowest BCUT2D eigenvalue weighted by atomic mass is 10.1. The van der Waals surface area contributed by atoms with E-state index < -0.39 is 6.04 Å². The van der Waals surface area contributed by atoms with Crippen LogP contribution >= 0.6 is 12.4 Å². The summed E-state index contributed by atoms with van der Waals surface area (Å²) in [5, 5.41) is 0. The van der Waals surface area contributed by atoms with Crippen LogP contribution in [0, 0.1) is 0 Å². The molecule has 1 aliphatic heterocycles. The predicted molar refractivity (Wildman–Crippen MR) is 81.9 cm³/mol. The van der Waals surface area contributed by atoms with E-state index in [1.807, 2.05) is 11.0 Å². The predicted octanol–water partition coefficient (Wildman–Crippen LogP) is 3.21. The maximum Gasteiger partial charge on any atom is 0.248 e. The Bertz CT molecular complexity index is 448. The van der Waals surface area contributed by atoms with Crippen LogP contribution in [0.1, 0.15) is 50.3 Å². The molecule has 106 valence electrons. The van der Waals surface area contributed by atoms with Crippen LogP contribution in [0.3, 0.4) is 0 Å². The zero-order valence-electron chi connectivity index (χ0n) is 11.7. The third kappa shape index (κ3) is 3.10. The van der Waals surface area contributed by atoms with Gasteiger partial charge in [-0.15, -0.1) is 12.4 Å². The molecule has 4 heteroatoms. The number of carbonyl (C=O) groups is 1. The molecule has 3 nitrogen and oxygen atoms in total. The van der Waals surface area contributed by atoms with Gasteiger partial charge in [-0.05, 0) is 24.5 Å². The molecule has 1 aromatic rings. The lowest BCUT2D eigenvalue weighted by molar-refractivity contribution is -0.119. The lowest BCUT2D eigenvalue weighted by Gasteiger charge is -2.17. The number of aryl methyl sites for hydroxylation is 1. The van der Waals surface area contributed by atoms with Crippen molar-refractivity contribution in [1.82, 2.24) is 0 Å². The summed E-state index contributed by atoms with van der Waals surface area (Å²) in [6, 6.07) is 5.73. The zero-order chi connectivity index (χ0) is 13.1. The Morgan fingerprint density at radius 2 is 2.00 bits per heavy atom. The van der Waals surface area contributed by atoms with E-state index in [1.54, 1.807) is 0 Å². The minimum atomic E-state index is -0.465. The number of carbonyl (C=O) groups excluding carboxylic acids is 1. The molecule has 0 saturated heterocycles. The molecule has 0 bridgehead atoms. The highest BCUT2D eigenvalue weighted by Gasteiger charge is 2.34. The highest BCUT2D eigenvalue weighted by Crippen LogP contribution is 2.35. The Kier molecular flexibility index (Phi) is 5.83. The molecule has 0 aromatic heterocycles. The lowest BCUT2D eigenvalue weighted by Crippen LogP contribution is -2.32. The summed E-state index contributed by atoms with van der Waals surface area (Å²) in [6.45, 7) is 5.08. The number of hydrogen-bond acceptors (Lipinski definition) is 2. The quantitative estimate of drug-likeness (QED) is 0.843. The molecule has 0 radical (unpaired) electrons. The molecule has 1 aromatic carbocycles. The molecule has 0 aliphatic carbocycles. The van der Waals surface area contributed by atoms with Crippen LogP contribution in [-0.2, 0) is 11.2 Å². The molecule has 1 amide bonds. The van der Waals surface area contributed by atoms with Gasteiger partial charge in [-0.2, -0.15) is 0 Å². The van der Waals surface area contributed by atoms with E-state index in [0.29, 0.717) is 0 Å². The number of anilines is 1. The van der Waals surface area contributed by atoms with Crippen LogP contribution in [-0.4, -0.2) is 12.5 Å². The van der Waals surface area contributed by atoms with Gasteiger partial charge >= 0.3 is 0 Å². The van der Waals surface area contributed by atoms with E-state index in [9.17, 15) is 4.79 Å². The number of halogens is 1. The monoisotopic (exact) mass is 282 g/mol. The summed E-state index contributed by atoms with van der Waals surface area (Å²) in [4.78, 5) is 14.0. The van der Waals surface area contributed by atoms with Crippen LogP contribution in [0.4, 0.5) is 5.69 Å². The van der Waals surface area contributed by atoms with Crippen molar-refractivity contribution >= 4 is 24.0 Å². The zero-order valence-corrected chi connectivity index (χ0v) is 12.5. The number of amides is 1. The second kappa shape index (κ2) is 6.92. The van der Waals surface area contributed by atoms with Crippen molar-refractivity contribution in [2.24, 2.45) is 5.73 Å². The summed E-state index contributed by atoms with van der Waals surface area (Å²) in [5.41, 5.74) is 9.26. The molecule has 2 rings (SSSR count). The number of rotatable bonds is 5. The molecule has 19 heavy (non-hydrogen) atoms. The topological polar surface area (TPSA) is 46.3 Å². The number of hydrogen-bond donors (Lipinski definition) is 1. The van der Waals surface area contributed by atoms with Gasteiger partial charge in [0, 0.05) is 17.8 Å². The maximum atomic E-state index is 12.2. The molecular weight excluding hydrogens is 260 g/mol. The van der Waals surface area contributed by atoms with Crippen molar-refractivity contribution in [2.75, 3.05) is 11.4 Å². The Labute approximate surface area is 121 Å². The van der Waals surface area contributed by atoms with Gasteiger partial charge in [0.25, 0.3) is 0 Å². The Morgan fingerprint density at radius 3 is 2.63 bits per heavy atom. The van der Waals surface area contributed by atoms with Crippen molar-refractivity contribution in [3.8, 4) is 0 Å². The minimum Gasteiger partial charge on any atom is -0.316 e. The molecule has 1 aliphatic rings. The number of fused-ring (bicyclic) bond motifs is 1. The highest BCUT2D eigenvalue weighted by molar-refractivity contribution is 6.04. The van der Waals surface area contributed by atoms with Gasteiger partial charge in [0.2, 0.25) is 5.91 Å². The molecule has 0 fully saturated rings. The first-order chi connectivity index (χ1) is 8.69. The van der Waals surface area contributed by atoms with Gasteiger partial charge in [0.15, 0.2) is 0 Å². The molecule has 1 atom stereocenters. The summed E-state index contributed by atoms with van der Waals surface area (Å²) in [5.74, 6) is 0.0503. The van der Waals surface area contributed by atoms with Crippen molar-refractivity contribution in [1.29, 1.82) is 0 Å². The molecule has 2 N–H and O–H groups in total. The second-order valence-corrected chi connectivity index (χ2v) is 4.92. The molecule has 1 heterocycles. The number of benzene rings is 1. The average Bonchev–Trinajstić information content (AvgIpc) is 2.63. The fraction of sp³-hybridized carbons (Fsp3) is 0.533. The Hall–Kier alpha value is -1.06. The summed E-state index contributed by atoms with van der Waals surface area (Å²) >= 11 is 0. The van der Waals surface area contributed by atoms with Crippen LogP contribution in [0.15, 0.2) is 18.2 Å². The molecule has 1 unspecified atom stereocenters. The molecule has 0 saturated carbocycles. The van der Waals surface area contributed by atoms with Crippen molar-refractivity contribution < 1.29 is 4.79 Å². The second-order valence-electron chi connectivity index (χ2n) is 4.92. The Balaban J connectivity index is 0.00000180. The highest BCUT2D eigenvalue weighted by atomic mass is 35.5. The molecule has 0 spiro atoms. The van der Waals surface area contributed by atoms with Crippen LogP contribution in [0.25, 0.3) is 0 Å². The first-order valence-corrected chi connectivity index (χ1v) is 6.88. The normalized spacial score (nSPS) is 17.3. The van der Waals surface area contributed by atoms with Gasteiger partial charge in [-0.3, -0.25) is 4.79 Å². The molecular formula is C15H23ClN2O. The SMILES string of the molecule is CCCCCN1C(=O)C(N)c2ccc(CC)cc21.Cl. The van der Waals surface area contributed by atoms with Gasteiger partial charge < -0.3 is 10.6 Å². The number of nitrogens with zero attached hydrogens (tertiary/aromatic N) is 1. The van der Waals surface area contributed by atoms with Crippen molar-refractivity contribution in [3.05, 3.63) is 29.3 Å². The smallest absolute Gasteiger partial charge is 0.248 e. The number of nitrogens with two attached hydrogens (primary N) is 1. The average molecular weight is 283 g/mol. The fourth-order valence-electron chi connectivity index (χ4n) is 2.48. The first kappa shape index (κ1) is 16.0.